The molecule has 0 unspecified atom stereocenters. The summed E-state index contributed by atoms with van der Waals surface area (Å²) in [6.07, 6.45) is 2.10. The predicted octanol–water partition coefficient (Wildman–Crippen LogP) is 6.14. The van der Waals surface area contributed by atoms with Gasteiger partial charge in [-0.15, -0.1) is 11.3 Å². The number of rotatable bonds is 10. The molecule has 0 aliphatic rings. The number of ether oxygens (including phenoxy) is 1. The molecule has 0 aliphatic heterocycles. The van der Waals surface area contributed by atoms with Gasteiger partial charge in [0.2, 0.25) is 0 Å². The minimum absolute atomic E-state index is 0.175. The lowest BCUT2D eigenvalue weighted by molar-refractivity contribution is 0.140. The summed E-state index contributed by atoms with van der Waals surface area (Å²) in [6, 6.07) is 16.3. The topological polar surface area (TPSA) is 107 Å². The zero-order valence-corrected chi connectivity index (χ0v) is 22.5. The van der Waals surface area contributed by atoms with Crippen LogP contribution in [-0.4, -0.2) is 40.0 Å². The van der Waals surface area contributed by atoms with Gasteiger partial charge < -0.3 is 20.2 Å². The van der Waals surface area contributed by atoms with Crippen LogP contribution in [0.15, 0.2) is 69.6 Å². The SMILES string of the molecule is CC(C)CN(CCCNC(=O)OCc1cncs1)Sc1ccc2nc(N)oc2c1.Cc1ccccc1. The lowest BCUT2D eigenvalue weighted by Gasteiger charge is -2.23. The molecule has 0 spiro atoms. The number of alkyl carbamates (subject to hydrolysis) is 1. The third-order valence-corrected chi connectivity index (χ3v) is 6.61. The molecule has 3 N–H and O–H groups in total. The number of amides is 1. The minimum Gasteiger partial charge on any atom is -0.444 e. The molecule has 0 atom stereocenters. The molecule has 0 saturated carbocycles. The van der Waals surface area contributed by atoms with Crippen LogP contribution in [0.25, 0.3) is 11.1 Å². The van der Waals surface area contributed by atoms with E-state index in [2.05, 4.69) is 52.5 Å². The van der Waals surface area contributed by atoms with Crippen molar-refractivity contribution in [1.29, 1.82) is 0 Å². The molecule has 4 aromatic rings. The zero-order valence-electron chi connectivity index (χ0n) is 20.8. The van der Waals surface area contributed by atoms with Gasteiger partial charge in [0, 0.05) is 30.7 Å². The molecule has 10 heteroatoms. The molecule has 8 nitrogen and oxygen atoms in total. The molecule has 2 aromatic carbocycles. The molecular formula is C26H33N5O3S2. The van der Waals surface area contributed by atoms with Crippen LogP contribution in [0.5, 0.6) is 0 Å². The fourth-order valence-electron chi connectivity index (χ4n) is 3.19. The summed E-state index contributed by atoms with van der Waals surface area (Å²) in [4.78, 5) is 21.8. The van der Waals surface area contributed by atoms with Crippen LogP contribution < -0.4 is 11.1 Å². The highest BCUT2D eigenvalue weighted by Crippen LogP contribution is 2.28. The lowest BCUT2D eigenvalue weighted by atomic mass is 10.2. The highest BCUT2D eigenvalue weighted by atomic mass is 32.2. The number of oxazole rings is 1. The molecule has 2 aromatic heterocycles. The van der Waals surface area contributed by atoms with Crippen molar-refractivity contribution < 1.29 is 13.9 Å². The van der Waals surface area contributed by atoms with Crippen molar-refractivity contribution in [1.82, 2.24) is 19.6 Å². The number of hydrogen-bond acceptors (Lipinski definition) is 9. The average Bonchev–Trinajstić information content (AvgIpc) is 3.49. The normalized spacial score (nSPS) is 10.9. The standard InChI is InChI=1S/C19H25N5O3S2.C7H8/c1-13(2)10-24(29-14-4-5-16-17(8-14)27-18(20)23-16)7-3-6-22-19(25)26-11-15-9-21-12-28-15;1-7-5-3-2-4-6-7/h4-5,8-9,12-13H,3,6-7,10-11H2,1-2H3,(H2,20,23)(H,22,25);2-6H,1H3. The Hall–Kier alpha value is -3.08. The van der Waals surface area contributed by atoms with Gasteiger partial charge in [-0.05, 0) is 49.4 Å². The fourth-order valence-corrected chi connectivity index (χ4v) is 4.88. The first kappa shape index (κ1) is 27.5. The number of benzene rings is 2. The Balaban J connectivity index is 0.000000444. The number of hydrogen-bond donors (Lipinski definition) is 2. The molecule has 4 rings (SSSR count). The van der Waals surface area contributed by atoms with Gasteiger partial charge in [-0.2, -0.15) is 4.98 Å². The van der Waals surface area contributed by atoms with E-state index in [0.717, 1.165) is 34.8 Å². The van der Waals surface area contributed by atoms with E-state index in [1.54, 1.807) is 23.7 Å². The maximum atomic E-state index is 11.8. The summed E-state index contributed by atoms with van der Waals surface area (Å²) in [6.45, 7) is 9.01. The third kappa shape index (κ3) is 9.88. The number of aryl methyl sites for hydroxylation is 1. The number of anilines is 1. The number of carbonyl (C=O) groups is 1. The Kier molecular flexibility index (Phi) is 11.1. The highest BCUT2D eigenvalue weighted by Gasteiger charge is 2.12. The van der Waals surface area contributed by atoms with Crippen LogP contribution in [0.3, 0.4) is 0 Å². The molecule has 1 amide bonds. The van der Waals surface area contributed by atoms with Crippen LogP contribution in [0.1, 0.15) is 30.7 Å². The van der Waals surface area contributed by atoms with E-state index in [0.29, 0.717) is 18.0 Å². The first-order chi connectivity index (χ1) is 17.4. The van der Waals surface area contributed by atoms with E-state index in [9.17, 15) is 4.79 Å². The third-order valence-electron chi connectivity index (χ3n) is 4.80. The summed E-state index contributed by atoms with van der Waals surface area (Å²) in [5.41, 5.74) is 10.1. The number of nitrogens with one attached hydrogen (secondary N) is 1. The molecule has 0 fully saturated rings. The second-order valence-corrected chi connectivity index (χ2v) is 10.7. The Morgan fingerprint density at radius 1 is 1.25 bits per heavy atom. The quantitative estimate of drug-likeness (QED) is 0.187. The second kappa shape index (κ2) is 14.5. The number of fused-ring (bicyclic) bond motifs is 1. The van der Waals surface area contributed by atoms with Crippen molar-refractivity contribution in [2.75, 3.05) is 25.4 Å². The number of aromatic nitrogens is 2. The van der Waals surface area contributed by atoms with Crippen LogP contribution in [0, 0.1) is 12.8 Å². The molecule has 2 heterocycles. The Morgan fingerprint density at radius 3 is 2.72 bits per heavy atom. The van der Waals surface area contributed by atoms with Gasteiger partial charge in [0.25, 0.3) is 6.01 Å². The Morgan fingerprint density at radius 2 is 2.06 bits per heavy atom. The van der Waals surface area contributed by atoms with E-state index in [4.69, 9.17) is 14.9 Å². The number of nitrogens with two attached hydrogens (primary N) is 1. The van der Waals surface area contributed by atoms with Gasteiger partial charge in [-0.25, -0.2) is 9.10 Å². The molecular weight excluding hydrogens is 494 g/mol. The van der Waals surface area contributed by atoms with Crippen molar-refractivity contribution in [2.45, 2.75) is 38.7 Å². The van der Waals surface area contributed by atoms with Crippen molar-refractivity contribution in [2.24, 2.45) is 5.92 Å². The van der Waals surface area contributed by atoms with E-state index >= 15 is 0 Å². The summed E-state index contributed by atoms with van der Waals surface area (Å²) in [7, 11) is 0. The Labute approximate surface area is 220 Å². The van der Waals surface area contributed by atoms with Crippen LogP contribution in [-0.2, 0) is 11.3 Å². The first-order valence-corrected chi connectivity index (χ1v) is 13.4. The molecule has 0 saturated heterocycles. The van der Waals surface area contributed by atoms with Crippen molar-refractivity contribution in [3.05, 3.63) is 70.7 Å². The Bertz CT molecular complexity index is 1180. The van der Waals surface area contributed by atoms with Crippen molar-refractivity contribution in [3.8, 4) is 0 Å². The van der Waals surface area contributed by atoms with Crippen molar-refractivity contribution in [3.63, 3.8) is 0 Å². The van der Waals surface area contributed by atoms with Gasteiger partial charge in [0.1, 0.15) is 12.1 Å². The van der Waals surface area contributed by atoms with E-state index < -0.39 is 6.09 Å². The van der Waals surface area contributed by atoms with Gasteiger partial charge in [-0.3, -0.25) is 4.98 Å². The van der Waals surface area contributed by atoms with E-state index in [-0.39, 0.29) is 12.6 Å². The molecule has 0 bridgehead atoms. The fraction of sp³-hybridized carbons (Fsp3) is 0.346. The lowest BCUT2D eigenvalue weighted by Crippen LogP contribution is -2.29. The smallest absolute Gasteiger partial charge is 0.407 e. The van der Waals surface area contributed by atoms with Crippen LogP contribution in [0.2, 0.25) is 0 Å². The summed E-state index contributed by atoms with van der Waals surface area (Å²) < 4.78 is 12.9. The first-order valence-electron chi connectivity index (χ1n) is 11.8. The average molecular weight is 528 g/mol. The number of nitrogens with zero attached hydrogens (tertiary/aromatic N) is 3. The zero-order chi connectivity index (χ0) is 25.8. The summed E-state index contributed by atoms with van der Waals surface area (Å²) >= 11 is 3.13. The van der Waals surface area contributed by atoms with Gasteiger partial charge in [0.05, 0.1) is 10.4 Å². The number of thiazole rings is 1. The molecule has 0 aliphatic carbocycles. The molecule has 36 heavy (non-hydrogen) atoms. The monoisotopic (exact) mass is 527 g/mol. The van der Waals surface area contributed by atoms with Crippen LogP contribution >= 0.6 is 23.3 Å². The predicted molar refractivity (Wildman–Crippen MR) is 147 cm³/mol. The largest absolute Gasteiger partial charge is 0.444 e. The summed E-state index contributed by atoms with van der Waals surface area (Å²) in [5, 5.41) is 2.79. The van der Waals surface area contributed by atoms with Gasteiger partial charge in [0.15, 0.2) is 5.58 Å². The molecule has 192 valence electrons. The second-order valence-electron chi connectivity index (χ2n) is 8.53. The highest BCUT2D eigenvalue weighted by molar-refractivity contribution is 7.97. The van der Waals surface area contributed by atoms with Crippen molar-refractivity contribution >= 4 is 46.5 Å². The van der Waals surface area contributed by atoms with E-state index in [1.165, 1.54) is 16.9 Å². The van der Waals surface area contributed by atoms with Gasteiger partial charge >= 0.3 is 6.09 Å². The maximum Gasteiger partial charge on any atom is 0.407 e. The van der Waals surface area contributed by atoms with E-state index in [1.807, 2.05) is 36.4 Å². The van der Waals surface area contributed by atoms with Crippen LogP contribution in [0.4, 0.5) is 10.8 Å². The molecule has 0 radical (unpaired) electrons. The van der Waals surface area contributed by atoms with Gasteiger partial charge in [-0.1, -0.05) is 49.7 Å². The minimum atomic E-state index is -0.408. The number of nitrogen functional groups attached to an aromatic ring is 1. The summed E-state index contributed by atoms with van der Waals surface area (Å²) in [5.74, 6) is 0.518. The maximum absolute atomic E-state index is 11.8. The number of carbonyl (C=O) groups excluding carboxylic acids is 1.